The predicted molar refractivity (Wildman–Crippen MR) is 412 cm³/mol. The van der Waals surface area contributed by atoms with Crippen LogP contribution in [-0.4, -0.2) is 0 Å². The average Bonchev–Trinajstić information content (AvgIpc) is 1.88. The lowest BCUT2D eigenvalue weighted by molar-refractivity contribution is 1.28. The SMILES string of the molecule is C(=Cc1ccc(C=Cc2ccc(N(c3ccccc3)c3ccccc3)cc2)c(-c2cc(C=Cc3ccc(N(c4ccccc4)c4ccccc4)cc3)ccc2C=Cc2ccc(N(c3ccccc3)c3ccccc3)cc2)c1)c1ccc(N(c2ccccc2)c2ccccc2)cc1. The molecule has 0 aromatic heterocycles. The van der Waals surface area contributed by atoms with Crippen molar-refractivity contribution < 1.29 is 0 Å². The summed E-state index contributed by atoms with van der Waals surface area (Å²) in [4.78, 5) is 9.18. The molecule has 14 aromatic carbocycles. The molecule has 14 rings (SSSR count). The van der Waals surface area contributed by atoms with E-state index in [-0.39, 0.29) is 0 Å². The molecule has 0 saturated carbocycles. The Morgan fingerprint density at radius 2 is 0.292 bits per heavy atom. The van der Waals surface area contributed by atoms with Gasteiger partial charge in [0, 0.05) is 68.2 Å². The van der Waals surface area contributed by atoms with E-state index in [0.717, 1.165) is 124 Å². The second-order valence-electron chi connectivity index (χ2n) is 23.4. The van der Waals surface area contributed by atoms with Crippen molar-refractivity contribution in [3.63, 3.8) is 0 Å². The number of hydrogen-bond donors (Lipinski definition) is 0. The zero-order chi connectivity index (χ0) is 64.5. The van der Waals surface area contributed by atoms with Crippen LogP contribution in [0.4, 0.5) is 68.2 Å². The minimum Gasteiger partial charge on any atom is -0.311 e. The highest BCUT2D eigenvalue weighted by Crippen LogP contribution is 2.40. The van der Waals surface area contributed by atoms with Crippen molar-refractivity contribution in [1.29, 1.82) is 0 Å². The molecule has 96 heavy (non-hydrogen) atoms. The normalized spacial score (nSPS) is 11.4. The van der Waals surface area contributed by atoms with Gasteiger partial charge in [-0.2, -0.15) is 0 Å². The monoisotopic (exact) mass is 1230 g/mol. The smallest absolute Gasteiger partial charge is 0.0462 e. The van der Waals surface area contributed by atoms with E-state index in [1.807, 2.05) is 0 Å². The van der Waals surface area contributed by atoms with Crippen LogP contribution in [0.3, 0.4) is 0 Å². The Hall–Kier alpha value is -12.8. The van der Waals surface area contributed by atoms with Crippen molar-refractivity contribution in [3.05, 3.63) is 421 Å². The summed E-state index contributed by atoms with van der Waals surface area (Å²) in [5.41, 5.74) is 24.1. The third kappa shape index (κ3) is 14.6. The Morgan fingerprint density at radius 1 is 0.135 bits per heavy atom. The molecular weight excluding hydrogens is 1160 g/mol. The Kier molecular flexibility index (Phi) is 18.8. The van der Waals surface area contributed by atoms with Crippen molar-refractivity contribution in [2.24, 2.45) is 0 Å². The summed E-state index contributed by atoms with van der Waals surface area (Å²) in [7, 11) is 0. The summed E-state index contributed by atoms with van der Waals surface area (Å²) in [6, 6.07) is 133. The average molecular weight is 1230 g/mol. The van der Waals surface area contributed by atoms with Crippen LogP contribution >= 0.6 is 0 Å². The highest BCUT2D eigenvalue weighted by molar-refractivity contribution is 5.91. The van der Waals surface area contributed by atoms with E-state index in [1.54, 1.807) is 0 Å². The predicted octanol–water partition coefficient (Wildman–Crippen LogP) is 25.9. The van der Waals surface area contributed by atoms with E-state index in [9.17, 15) is 0 Å². The van der Waals surface area contributed by atoms with Crippen molar-refractivity contribution in [2.45, 2.75) is 0 Å². The maximum atomic E-state index is 2.35. The highest BCUT2D eigenvalue weighted by Gasteiger charge is 2.17. The van der Waals surface area contributed by atoms with Crippen molar-refractivity contribution in [2.75, 3.05) is 19.6 Å². The number of hydrogen-bond acceptors (Lipinski definition) is 4. The third-order valence-electron chi connectivity index (χ3n) is 17.0. The number of nitrogens with zero attached hydrogens (tertiary/aromatic N) is 4. The lowest BCUT2D eigenvalue weighted by atomic mass is 9.91. The van der Waals surface area contributed by atoms with Crippen LogP contribution in [0, 0.1) is 0 Å². The summed E-state index contributed by atoms with van der Waals surface area (Å²) < 4.78 is 0. The molecule has 0 bridgehead atoms. The number of benzene rings is 14. The van der Waals surface area contributed by atoms with Gasteiger partial charge in [0.2, 0.25) is 0 Å². The van der Waals surface area contributed by atoms with E-state index >= 15 is 0 Å². The van der Waals surface area contributed by atoms with Crippen LogP contribution in [0.2, 0.25) is 0 Å². The first-order valence-electron chi connectivity index (χ1n) is 32.6. The molecular formula is C92H70N4. The topological polar surface area (TPSA) is 13.0 Å². The molecule has 0 radical (unpaired) electrons. The molecule has 0 fully saturated rings. The minimum atomic E-state index is 1.08. The Labute approximate surface area is 564 Å². The summed E-state index contributed by atoms with van der Waals surface area (Å²) >= 11 is 0. The van der Waals surface area contributed by atoms with Gasteiger partial charge in [0.1, 0.15) is 0 Å². The number of rotatable bonds is 21. The molecule has 0 aliphatic heterocycles. The van der Waals surface area contributed by atoms with Gasteiger partial charge >= 0.3 is 0 Å². The summed E-state index contributed by atoms with van der Waals surface area (Å²) in [6.07, 6.45) is 17.9. The molecule has 0 heterocycles. The van der Waals surface area contributed by atoms with Crippen LogP contribution in [0.5, 0.6) is 0 Å². The van der Waals surface area contributed by atoms with Crippen LogP contribution in [0.1, 0.15) is 44.5 Å². The van der Waals surface area contributed by atoms with Gasteiger partial charge in [-0.3, -0.25) is 0 Å². The molecule has 0 spiro atoms. The van der Waals surface area contributed by atoms with Gasteiger partial charge in [0.15, 0.2) is 0 Å². The van der Waals surface area contributed by atoms with Gasteiger partial charge < -0.3 is 19.6 Å². The Morgan fingerprint density at radius 3 is 0.490 bits per heavy atom. The largest absolute Gasteiger partial charge is 0.311 e. The second-order valence-corrected chi connectivity index (χ2v) is 23.4. The van der Waals surface area contributed by atoms with Crippen LogP contribution in [0.15, 0.2) is 376 Å². The van der Waals surface area contributed by atoms with Gasteiger partial charge in [-0.1, -0.05) is 267 Å². The number of anilines is 12. The third-order valence-corrected chi connectivity index (χ3v) is 17.0. The number of para-hydroxylation sites is 8. The second kappa shape index (κ2) is 29.7. The zero-order valence-corrected chi connectivity index (χ0v) is 53.2. The fourth-order valence-electron chi connectivity index (χ4n) is 12.2. The van der Waals surface area contributed by atoms with Crippen molar-refractivity contribution in [3.8, 4) is 11.1 Å². The van der Waals surface area contributed by atoms with Gasteiger partial charge in [0.05, 0.1) is 0 Å². The van der Waals surface area contributed by atoms with Crippen LogP contribution in [0.25, 0.3) is 59.7 Å². The molecule has 0 unspecified atom stereocenters. The van der Waals surface area contributed by atoms with Crippen LogP contribution < -0.4 is 19.6 Å². The summed E-state index contributed by atoms with van der Waals surface area (Å²) in [5.74, 6) is 0. The molecule has 0 saturated heterocycles. The molecule has 0 atom stereocenters. The molecule has 0 aliphatic carbocycles. The molecule has 0 N–H and O–H groups in total. The lowest BCUT2D eigenvalue weighted by Gasteiger charge is -2.25. The van der Waals surface area contributed by atoms with Gasteiger partial charge in [-0.15, -0.1) is 0 Å². The first-order valence-corrected chi connectivity index (χ1v) is 32.6. The maximum Gasteiger partial charge on any atom is 0.0462 e. The minimum absolute atomic E-state index is 1.08. The van der Waals surface area contributed by atoms with E-state index in [1.165, 1.54) is 0 Å². The fourth-order valence-corrected chi connectivity index (χ4v) is 12.2. The van der Waals surface area contributed by atoms with Crippen LogP contribution in [-0.2, 0) is 0 Å². The fraction of sp³-hybridized carbons (Fsp3) is 0. The quantitative estimate of drug-likeness (QED) is 0.0665. The van der Waals surface area contributed by atoms with Crippen molar-refractivity contribution in [1.82, 2.24) is 0 Å². The standard InChI is InChI=1S/C92H70N4/c1-9-25-79(26-10-1)93(80-27-11-2-12-28-80)87-61-49-71(50-62-87)41-43-75-47-59-77(57-45-73-53-65-89(66-54-73)95(83-33-17-5-18-34-83)84-35-19-6-20-36-84)91(69-75)92-70-76(44-42-72-51-63-88(64-52-72)94(81-29-13-3-14-30-81)82-31-15-4-16-32-82)48-60-78(92)58-46-74-55-67-90(68-56-74)96(85-37-21-7-22-38-85)86-39-23-8-24-40-86/h1-70H. The Balaban J connectivity index is 0.843. The maximum absolute atomic E-state index is 2.35. The highest BCUT2D eigenvalue weighted by atomic mass is 15.2. The van der Waals surface area contributed by atoms with Gasteiger partial charge in [-0.25, -0.2) is 0 Å². The van der Waals surface area contributed by atoms with Gasteiger partial charge in [-0.05, 0) is 213 Å². The lowest BCUT2D eigenvalue weighted by Crippen LogP contribution is -2.09. The molecule has 14 aromatic rings. The molecule has 4 heteroatoms. The molecule has 458 valence electrons. The first-order chi connectivity index (χ1) is 47.6. The van der Waals surface area contributed by atoms with Gasteiger partial charge in [0.25, 0.3) is 0 Å². The van der Waals surface area contributed by atoms with E-state index in [2.05, 4.69) is 444 Å². The zero-order valence-electron chi connectivity index (χ0n) is 53.2. The van der Waals surface area contributed by atoms with Crippen molar-refractivity contribution >= 4 is 117 Å². The van der Waals surface area contributed by atoms with E-state index in [0.29, 0.717) is 0 Å². The molecule has 0 amide bonds. The Bertz CT molecular complexity index is 4430. The van der Waals surface area contributed by atoms with E-state index < -0.39 is 0 Å². The summed E-state index contributed by atoms with van der Waals surface area (Å²) in [5, 5.41) is 0. The van der Waals surface area contributed by atoms with E-state index in [4.69, 9.17) is 0 Å². The molecule has 4 nitrogen and oxygen atoms in total. The first kappa shape index (κ1) is 60.8. The molecule has 0 aliphatic rings. The summed E-state index contributed by atoms with van der Waals surface area (Å²) in [6.45, 7) is 0.